The Morgan fingerprint density at radius 3 is 2.73 bits per heavy atom. The lowest BCUT2D eigenvalue weighted by atomic mass is 10.1. The van der Waals surface area contributed by atoms with Crippen LogP contribution in [0.15, 0.2) is 41.5 Å². The second kappa shape index (κ2) is 6.82. The third-order valence-corrected chi connectivity index (χ3v) is 4.65. The number of ether oxygens (including phenoxy) is 2. The SMILES string of the molecule is Cc1cc(OC2CN(C(=O)COc3cccnc3)C2)cc(=O)n1C1CC1. The van der Waals surface area contributed by atoms with Crippen LogP contribution in [0.2, 0.25) is 0 Å². The van der Waals surface area contributed by atoms with Crippen molar-refractivity contribution in [3.05, 3.63) is 52.7 Å². The molecule has 0 N–H and O–H groups in total. The number of carbonyl (C=O) groups is 1. The van der Waals surface area contributed by atoms with Crippen LogP contribution in [0.4, 0.5) is 0 Å². The van der Waals surface area contributed by atoms with Gasteiger partial charge in [0.2, 0.25) is 0 Å². The summed E-state index contributed by atoms with van der Waals surface area (Å²) >= 11 is 0. The molecule has 0 atom stereocenters. The molecule has 0 bridgehead atoms. The van der Waals surface area contributed by atoms with Gasteiger partial charge in [0.25, 0.3) is 11.5 Å². The van der Waals surface area contributed by atoms with Crippen LogP contribution in [-0.2, 0) is 4.79 Å². The first-order valence-corrected chi connectivity index (χ1v) is 8.80. The standard InChI is InChI=1S/C19H21N3O4/c1-13-7-16(8-18(23)22(13)14-4-5-14)26-17-10-21(11-17)19(24)12-25-15-3-2-6-20-9-15/h2-3,6-9,14,17H,4-5,10-12H2,1H3. The van der Waals surface area contributed by atoms with E-state index in [9.17, 15) is 9.59 Å². The number of rotatable bonds is 6. The Kier molecular flexibility index (Phi) is 4.36. The smallest absolute Gasteiger partial charge is 0.260 e. The lowest BCUT2D eigenvalue weighted by Crippen LogP contribution is -2.57. The monoisotopic (exact) mass is 355 g/mol. The number of aromatic nitrogens is 2. The van der Waals surface area contributed by atoms with Crippen LogP contribution in [0.1, 0.15) is 24.6 Å². The van der Waals surface area contributed by atoms with Gasteiger partial charge in [0.05, 0.1) is 19.3 Å². The Morgan fingerprint density at radius 1 is 1.27 bits per heavy atom. The topological polar surface area (TPSA) is 73.7 Å². The molecule has 4 rings (SSSR count). The van der Waals surface area contributed by atoms with Crippen LogP contribution in [0, 0.1) is 6.92 Å². The minimum absolute atomic E-state index is 0.0142. The predicted molar refractivity (Wildman–Crippen MR) is 94.4 cm³/mol. The Balaban J connectivity index is 1.27. The molecule has 2 aromatic heterocycles. The fraction of sp³-hybridized carbons (Fsp3) is 0.421. The van der Waals surface area contributed by atoms with Crippen molar-refractivity contribution < 1.29 is 14.3 Å². The van der Waals surface area contributed by atoms with E-state index >= 15 is 0 Å². The zero-order valence-electron chi connectivity index (χ0n) is 14.6. The summed E-state index contributed by atoms with van der Waals surface area (Å²) in [5, 5.41) is 0. The molecule has 26 heavy (non-hydrogen) atoms. The summed E-state index contributed by atoms with van der Waals surface area (Å²) < 4.78 is 13.1. The minimum atomic E-state index is -0.0899. The third-order valence-electron chi connectivity index (χ3n) is 4.65. The molecule has 1 amide bonds. The maximum absolute atomic E-state index is 12.2. The molecule has 0 spiro atoms. The van der Waals surface area contributed by atoms with Gasteiger partial charge >= 0.3 is 0 Å². The number of hydrogen-bond donors (Lipinski definition) is 0. The largest absolute Gasteiger partial charge is 0.486 e. The summed E-state index contributed by atoms with van der Waals surface area (Å²) in [6.07, 6.45) is 5.27. The molecule has 1 saturated carbocycles. The number of aryl methyl sites for hydroxylation is 1. The van der Waals surface area contributed by atoms with E-state index in [0.717, 1.165) is 18.5 Å². The first-order chi connectivity index (χ1) is 12.6. The normalized spacial score (nSPS) is 16.9. The molecule has 2 aliphatic rings. The van der Waals surface area contributed by atoms with E-state index in [4.69, 9.17) is 9.47 Å². The average molecular weight is 355 g/mol. The Morgan fingerprint density at radius 2 is 2.08 bits per heavy atom. The van der Waals surface area contributed by atoms with Gasteiger partial charge in [-0.1, -0.05) is 0 Å². The summed E-state index contributed by atoms with van der Waals surface area (Å²) in [7, 11) is 0. The highest BCUT2D eigenvalue weighted by Crippen LogP contribution is 2.35. The van der Waals surface area contributed by atoms with Crippen LogP contribution in [0.25, 0.3) is 0 Å². The number of pyridine rings is 2. The number of carbonyl (C=O) groups excluding carboxylic acids is 1. The quantitative estimate of drug-likeness (QED) is 0.786. The van der Waals surface area contributed by atoms with Gasteiger partial charge in [0, 0.05) is 24.0 Å². The highest BCUT2D eigenvalue weighted by Gasteiger charge is 2.33. The summed E-state index contributed by atoms with van der Waals surface area (Å²) in [4.78, 5) is 29.9. The molecule has 3 heterocycles. The number of likely N-dealkylation sites (tertiary alicyclic amines) is 1. The Hall–Kier alpha value is -2.83. The maximum atomic E-state index is 12.2. The molecule has 7 nitrogen and oxygen atoms in total. The predicted octanol–water partition coefficient (Wildman–Crippen LogP) is 1.56. The summed E-state index contributed by atoms with van der Waals surface area (Å²) in [6, 6.07) is 7.31. The molecule has 1 aliphatic heterocycles. The second-order valence-electron chi connectivity index (χ2n) is 6.79. The lowest BCUT2D eigenvalue weighted by molar-refractivity contribution is -0.142. The summed E-state index contributed by atoms with van der Waals surface area (Å²) in [5.41, 5.74) is 0.909. The van der Waals surface area contributed by atoms with E-state index in [-0.39, 0.29) is 24.2 Å². The molecule has 2 aromatic rings. The molecule has 7 heteroatoms. The molecule has 1 aliphatic carbocycles. The molecular formula is C19H21N3O4. The van der Waals surface area contributed by atoms with Crippen molar-refractivity contribution in [2.45, 2.75) is 31.9 Å². The van der Waals surface area contributed by atoms with E-state index in [1.54, 1.807) is 35.5 Å². The first kappa shape index (κ1) is 16.6. The van der Waals surface area contributed by atoms with Gasteiger partial charge in [-0.25, -0.2) is 0 Å². The Labute approximate surface area is 151 Å². The van der Waals surface area contributed by atoms with E-state index < -0.39 is 0 Å². The van der Waals surface area contributed by atoms with Gasteiger partial charge in [-0.3, -0.25) is 14.6 Å². The Bertz CT molecular complexity index is 855. The number of nitrogens with zero attached hydrogens (tertiary/aromatic N) is 3. The van der Waals surface area contributed by atoms with Crippen molar-refractivity contribution in [1.82, 2.24) is 14.5 Å². The van der Waals surface area contributed by atoms with Crippen LogP contribution in [-0.4, -0.2) is 46.2 Å². The number of amides is 1. The minimum Gasteiger partial charge on any atom is -0.486 e. The van der Waals surface area contributed by atoms with Crippen molar-refractivity contribution >= 4 is 5.91 Å². The van der Waals surface area contributed by atoms with Crippen molar-refractivity contribution in [3.8, 4) is 11.5 Å². The molecule has 0 unspecified atom stereocenters. The molecule has 0 radical (unpaired) electrons. The summed E-state index contributed by atoms with van der Waals surface area (Å²) in [6.45, 7) is 2.91. The van der Waals surface area contributed by atoms with Gasteiger partial charge in [-0.2, -0.15) is 0 Å². The lowest BCUT2D eigenvalue weighted by Gasteiger charge is -2.38. The average Bonchev–Trinajstić information content (AvgIpc) is 3.41. The van der Waals surface area contributed by atoms with Gasteiger partial charge in [-0.15, -0.1) is 0 Å². The maximum Gasteiger partial charge on any atom is 0.260 e. The van der Waals surface area contributed by atoms with Crippen LogP contribution < -0.4 is 15.0 Å². The van der Waals surface area contributed by atoms with Crippen molar-refractivity contribution in [2.75, 3.05) is 19.7 Å². The van der Waals surface area contributed by atoms with Gasteiger partial charge < -0.3 is 18.9 Å². The molecule has 2 fully saturated rings. The fourth-order valence-electron chi connectivity index (χ4n) is 3.13. The van der Waals surface area contributed by atoms with E-state index in [0.29, 0.717) is 30.6 Å². The second-order valence-corrected chi connectivity index (χ2v) is 6.79. The molecule has 1 saturated heterocycles. The van der Waals surface area contributed by atoms with Crippen LogP contribution >= 0.6 is 0 Å². The van der Waals surface area contributed by atoms with Crippen molar-refractivity contribution in [2.24, 2.45) is 0 Å². The van der Waals surface area contributed by atoms with Gasteiger partial charge in [-0.05, 0) is 38.0 Å². The molecular weight excluding hydrogens is 334 g/mol. The van der Waals surface area contributed by atoms with E-state index in [1.165, 1.54) is 0 Å². The van der Waals surface area contributed by atoms with E-state index in [2.05, 4.69) is 4.98 Å². The van der Waals surface area contributed by atoms with E-state index in [1.807, 2.05) is 17.6 Å². The van der Waals surface area contributed by atoms with Crippen LogP contribution in [0.5, 0.6) is 11.5 Å². The third kappa shape index (κ3) is 3.56. The molecule has 136 valence electrons. The highest BCUT2D eigenvalue weighted by atomic mass is 16.5. The fourth-order valence-corrected chi connectivity index (χ4v) is 3.13. The van der Waals surface area contributed by atoms with Gasteiger partial charge in [0.1, 0.15) is 17.6 Å². The van der Waals surface area contributed by atoms with Gasteiger partial charge in [0.15, 0.2) is 6.61 Å². The highest BCUT2D eigenvalue weighted by molar-refractivity contribution is 5.78. The molecule has 0 aromatic carbocycles. The zero-order chi connectivity index (χ0) is 18.1. The zero-order valence-corrected chi connectivity index (χ0v) is 14.6. The van der Waals surface area contributed by atoms with Crippen LogP contribution in [0.3, 0.4) is 0 Å². The summed E-state index contributed by atoms with van der Waals surface area (Å²) in [5.74, 6) is 1.06. The van der Waals surface area contributed by atoms with Crippen molar-refractivity contribution in [3.63, 3.8) is 0 Å². The number of hydrogen-bond acceptors (Lipinski definition) is 5. The van der Waals surface area contributed by atoms with Crippen molar-refractivity contribution in [1.29, 1.82) is 0 Å². The first-order valence-electron chi connectivity index (χ1n) is 8.80.